The second kappa shape index (κ2) is 13.0. The summed E-state index contributed by atoms with van der Waals surface area (Å²) in [5.74, 6) is 0.183. The first-order valence-corrected chi connectivity index (χ1v) is 6.88. The van der Waals surface area contributed by atoms with Crippen LogP contribution >= 0.6 is 0 Å². The third kappa shape index (κ3) is 12.9. The summed E-state index contributed by atoms with van der Waals surface area (Å²) >= 11 is 0. The molecule has 0 spiro atoms. The van der Waals surface area contributed by atoms with E-state index >= 15 is 0 Å². The molecule has 1 amide bonds. The molecule has 2 heteroatoms. The second-order valence-electron chi connectivity index (χ2n) is 4.21. The van der Waals surface area contributed by atoms with Crippen LogP contribution in [0.3, 0.4) is 0 Å². The Hall–Kier alpha value is -1.05. The fraction of sp³-hybridized carbons (Fsp3) is 0.667. The van der Waals surface area contributed by atoms with Gasteiger partial charge in [-0.15, -0.1) is 0 Å². The monoisotopic (exact) mass is 237 g/mol. The highest BCUT2D eigenvalue weighted by Crippen LogP contribution is 1.99. The number of hydrogen-bond donors (Lipinski definition) is 1. The number of rotatable bonds is 10. The smallest absolute Gasteiger partial charge is 0.220 e. The molecule has 0 aliphatic carbocycles. The van der Waals surface area contributed by atoms with Gasteiger partial charge in [-0.1, -0.05) is 44.6 Å². The van der Waals surface area contributed by atoms with Crippen molar-refractivity contribution in [1.29, 1.82) is 0 Å². The van der Waals surface area contributed by atoms with Crippen LogP contribution in [0.5, 0.6) is 0 Å². The van der Waals surface area contributed by atoms with Crippen LogP contribution in [0.2, 0.25) is 0 Å². The number of amides is 1. The highest BCUT2D eigenvalue weighted by Gasteiger charge is 1.97. The van der Waals surface area contributed by atoms with E-state index in [2.05, 4.69) is 43.5 Å². The minimum Gasteiger partial charge on any atom is -0.356 e. The van der Waals surface area contributed by atoms with Gasteiger partial charge in [-0.25, -0.2) is 0 Å². The topological polar surface area (TPSA) is 29.1 Å². The quantitative estimate of drug-likeness (QED) is 0.452. The Morgan fingerprint density at radius 3 is 2.35 bits per heavy atom. The summed E-state index contributed by atoms with van der Waals surface area (Å²) in [6.45, 7) is 5.05. The summed E-state index contributed by atoms with van der Waals surface area (Å²) in [6, 6.07) is 0. The molecule has 0 unspecified atom stereocenters. The summed E-state index contributed by atoms with van der Waals surface area (Å²) < 4.78 is 0. The summed E-state index contributed by atoms with van der Waals surface area (Å²) in [4.78, 5) is 11.3. The van der Waals surface area contributed by atoms with Gasteiger partial charge in [0.05, 0.1) is 0 Å². The van der Waals surface area contributed by atoms with Crippen molar-refractivity contribution in [3.8, 4) is 0 Å². The zero-order chi connectivity index (χ0) is 12.8. The lowest BCUT2D eigenvalue weighted by Gasteiger charge is -2.01. The molecule has 0 aliphatic rings. The van der Waals surface area contributed by atoms with E-state index in [1.807, 2.05) is 0 Å². The Morgan fingerprint density at radius 2 is 1.71 bits per heavy atom. The molecule has 0 saturated heterocycles. The first kappa shape index (κ1) is 16.0. The average Bonchev–Trinajstić information content (AvgIpc) is 2.34. The molecule has 0 aromatic rings. The Labute approximate surface area is 106 Å². The molecule has 0 radical (unpaired) electrons. The lowest BCUT2D eigenvalue weighted by atomic mass is 10.2. The maximum atomic E-state index is 11.3. The average molecular weight is 237 g/mol. The third-order valence-corrected chi connectivity index (χ3v) is 2.41. The van der Waals surface area contributed by atoms with Crippen LogP contribution in [-0.4, -0.2) is 12.5 Å². The molecule has 0 fully saturated rings. The van der Waals surface area contributed by atoms with Gasteiger partial charge in [0.25, 0.3) is 0 Å². The van der Waals surface area contributed by atoms with E-state index < -0.39 is 0 Å². The SMILES string of the molecule is CCC/C=C\C/C=C\CCCC(=O)NCCC. The highest BCUT2D eigenvalue weighted by molar-refractivity contribution is 5.75. The summed E-state index contributed by atoms with van der Waals surface area (Å²) in [6.07, 6.45) is 15.8. The van der Waals surface area contributed by atoms with Crippen molar-refractivity contribution >= 4 is 5.91 Å². The Morgan fingerprint density at radius 1 is 1.00 bits per heavy atom. The molecule has 1 N–H and O–H groups in total. The van der Waals surface area contributed by atoms with Crippen LogP contribution < -0.4 is 5.32 Å². The Bertz CT molecular complexity index is 231. The van der Waals surface area contributed by atoms with Crippen LogP contribution in [-0.2, 0) is 4.79 Å². The molecule has 0 aromatic carbocycles. The molecule has 0 saturated carbocycles. The van der Waals surface area contributed by atoms with Gasteiger partial charge in [0.1, 0.15) is 0 Å². The maximum absolute atomic E-state index is 11.3. The van der Waals surface area contributed by atoms with Crippen LogP contribution in [0.15, 0.2) is 24.3 Å². The van der Waals surface area contributed by atoms with E-state index in [0.717, 1.165) is 32.2 Å². The summed E-state index contributed by atoms with van der Waals surface area (Å²) in [5.41, 5.74) is 0. The van der Waals surface area contributed by atoms with Crippen molar-refractivity contribution in [3.63, 3.8) is 0 Å². The molecule has 0 heterocycles. The van der Waals surface area contributed by atoms with E-state index in [9.17, 15) is 4.79 Å². The van der Waals surface area contributed by atoms with E-state index in [0.29, 0.717) is 6.42 Å². The normalized spacial score (nSPS) is 11.4. The minimum atomic E-state index is 0.183. The molecule has 0 rings (SSSR count). The third-order valence-electron chi connectivity index (χ3n) is 2.41. The first-order valence-electron chi connectivity index (χ1n) is 6.88. The zero-order valence-corrected chi connectivity index (χ0v) is 11.4. The minimum absolute atomic E-state index is 0.183. The van der Waals surface area contributed by atoms with Crippen molar-refractivity contribution < 1.29 is 4.79 Å². The highest BCUT2D eigenvalue weighted by atomic mass is 16.1. The first-order chi connectivity index (χ1) is 8.31. The van der Waals surface area contributed by atoms with Gasteiger partial charge < -0.3 is 5.32 Å². The zero-order valence-electron chi connectivity index (χ0n) is 11.4. The number of carbonyl (C=O) groups excluding carboxylic acids is 1. The van der Waals surface area contributed by atoms with Crippen LogP contribution in [0, 0.1) is 0 Å². The largest absolute Gasteiger partial charge is 0.356 e. The number of nitrogens with one attached hydrogen (secondary N) is 1. The second-order valence-corrected chi connectivity index (χ2v) is 4.21. The Balaban J connectivity index is 3.32. The van der Waals surface area contributed by atoms with Gasteiger partial charge in [-0.05, 0) is 32.1 Å². The van der Waals surface area contributed by atoms with Crippen molar-refractivity contribution in [1.82, 2.24) is 5.32 Å². The van der Waals surface area contributed by atoms with E-state index in [4.69, 9.17) is 0 Å². The van der Waals surface area contributed by atoms with Crippen LogP contribution in [0.1, 0.15) is 58.8 Å². The number of carbonyl (C=O) groups is 1. The lowest BCUT2D eigenvalue weighted by Crippen LogP contribution is -2.23. The molecule has 0 atom stereocenters. The molecule has 98 valence electrons. The van der Waals surface area contributed by atoms with Gasteiger partial charge in [-0.2, -0.15) is 0 Å². The predicted octanol–water partition coefficient (Wildman–Crippen LogP) is 3.99. The molecule has 0 aromatic heterocycles. The van der Waals surface area contributed by atoms with E-state index in [1.54, 1.807) is 0 Å². The standard InChI is InChI=1S/C15H27NO/c1-3-5-6-7-8-9-10-11-12-13-15(17)16-14-4-2/h6-7,9-10H,3-5,8,11-14H2,1-2H3,(H,16,17)/b7-6-,10-9-. The number of unbranched alkanes of at least 4 members (excludes halogenated alkanes) is 2. The van der Waals surface area contributed by atoms with Crippen LogP contribution in [0.4, 0.5) is 0 Å². The van der Waals surface area contributed by atoms with Gasteiger partial charge in [-0.3, -0.25) is 4.79 Å². The number of hydrogen-bond acceptors (Lipinski definition) is 1. The maximum Gasteiger partial charge on any atom is 0.220 e. The molecule has 2 nitrogen and oxygen atoms in total. The molecule has 17 heavy (non-hydrogen) atoms. The summed E-state index contributed by atoms with van der Waals surface area (Å²) in [7, 11) is 0. The molecule has 0 bridgehead atoms. The van der Waals surface area contributed by atoms with E-state index in [1.165, 1.54) is 12.8 Å². The summed E-state index contributed by atoms with van der Waals surface area (Å²) in [5, 5.41) is 2.88. The predicted molar refractivity (Wildman–Crippen MR) is 75.0 cm³/mol. The molecular formula is C15H27NO. The van der Waals surface area contributed by atoms with Gasteiger partial charge in [0.15, 0.2) is 0 Å². The van der Waals surface area contributed by atoms with Gasteiger partial charge >= 0.3 is 0 Å². The van der Waals surface area contributed by atoms with Gasteiger partial charge in [0, 0.05) is 13.0 Å². The fourth-order valence-corrected chi connectivity index (χ4v) is 1.41. The van der Waals surface area contributed by atoms with Crippen molar-refractivity contribution in [2.45, 2.75) is 58.8 Å². The molecule has 0 aliphatic heterocycles. The van der Waals surface area contributed by atoms with Crippen molar-refractivity contribution in [3.05, 3.63) is 24.3 Å². The molecular weight excluding hydrogens is 210 g/mol. The number of allylic oxidation sites excluding steroid dienone is 4. The van der Waals surface area contributed by atoms with Crippen molar-refractivity contribution in [2.24, 2.45) is 0 Å². The Kier molecular flexibility index (Phi) is 12.2. The fourth-order valence-electron chi connectivity index (χ4n) is 1.41. The van der Waals surface area contributed by atoms with Gasteiger partial charge in [0.2, 0.25) is 5.91 Å². The van der Waals surface area contributed by atoms with Crippen LogP contribution in [0.25, 0.3) is 0 Å². The van der Waals surface area contributed by atoms with Crippen molar-refractivity contribution in [2.75, 3.05) is 6.54 Å². The lowest BCUT2D eigenvalue weighted by molar-refractivity contribution is -0.121. The van der Waals surface area contributed by atoms with E-state index in [-0.39, 0.29) is 5.91 Å².